The van der Waals surface area contributed by atoms with Gasteiger partial charge in [0.1, 0.15) is 13.2 Å². The molecule has 12 heteroatoms. The topological polar surface area (TPSA) is 137 Å². The maximum atomic E-state index is 12.7. The lowest BCUT2D eigenvalue weighted by Crippen LogP contribution is -2.17. The fourth-order valence-corrected chi connectivity index (χ4v) is 4.81. The number of hydrogen-bond donors (Lipinski definition) is 2. The van der Waals surface area contributed by atoms with Crippen molar-refractivity contribution in [3.63, 3.8) is 0 Å². The van der Waals surface area contributed by atoms with Gasteiger partial charge in [-0.15, -0.1) is 0 Å². The summed E-state index contributed by atoms with van der Waals surface area (Å²) in [5, 5.41) is 0. The number of sulfonamides is 2. The van der Waals surface area contributed by atoms with E-state index in [4.69, 9.17) is 9.47 Å². The van der Waals surface area contributed by atoms with Crippen LogP contribution in [-0.2, 0) is 20.0 Å². The van der Waals surface area contributed by atoms with Gasteiger partial charge in [0.05, 0.1) is 9.79 Å². The van der Waals surface area contributed by atoms with Gasteiger partial charge >= 0.3 is 0 Å². The summed E-state index contributed by atoms with van der Waals surface area (Å²) in [7, 11) is -7.85. The van der Waals surface area contributed by atoms with Crippen LogP contribution in [-0.4, -0.2) is 40.0 Å². The normalized spacial score (nSPS) is 13.5. The third-order valence-electron chi connectivity index (χ3n) is 4.26. The highest BCUT2D eigenvalue weighted by atomic mass is 32.2. The van der Waals surface area contributed by atoms with Crippen LogP contribution in [0.3, 0.4) is 0 Å². The Kier molecular flexibility index (Phi) is 5.41. The number of anilines is 2. The van der Waals surface area contributed by atoms with Crippen molar-refractivity contribution in [1.82, 2.24) is 9.97 Å². The fourth-order valence-electron chi connectivity index (χ4n) is 2.78. The highest BCUT2D eigenvalue weighted by Gasteiger charge is 2.20. The van der Waals surface area contributed by atoms with E-state index in [1.165, 1.54) is 48.7 Å². The average molecular weight is 463 g/mol. The minimum Gasteiger partial charge on any atom is -0.486 e. The summed E-state index contributed by atoms with van der Waals surface area (Å²) in [4.78, 5) is 7.79. The Hall–Kier alpha value is -3.38. The van der Waals surface area contributed by atoms with Crippen molar-refractivity contribution in [3.05, 3.63) is 60.4 Å². The second kappa shape index (κ2) is 8.04. The van der Waals surface area contributed by atoms with Crippen molar-refractivity contribution in [1.29, 1.82) is 0 Å². The highest BCUT2D eigenvalue weighted by molar-refractivity contribution is 7.93. The maximum absolute atomic E-state index is 12.7. The van der Waals surface area contributed by atoms with E-state index >= 15 is 0 Å². The molecule has 0 fully saturated rings. The summed E-state index contributed by atoms with van der Waals surface area (Å²) in [5.41, 5.74) is 0.803. The van der Waals surface area contributed by atoms with Gasteiger partial charge in [-0.05, 0) is 49.4 Å². The van der Waals surface area contributed by atoms with Crippen LogP contribution in [0.1, 0.15) is 5.69 Å². The van der Waals surface area contributed by atoms with E-state index in [2.05, 4.69) is 19.4 Å². The maximum Gasteiger partial charge on any atom is 0.264 e. The van der Waals surface area contributed by atoms with Crippen molar-refractivity contribution < 1.29 is 26.3 Å². The zero-order valence-electron chi connectivity index (χ0n) is 16.3. The van der Waals surface area contributed by atoms with Gasteiger partial charge in [-0.1, -0.05) is 0 Å². The molecule has 0 amide bonds. The molecule has 1 aliphatic heterocycles. The molecule has 0 radical (unpaired) electrons. The molecule has 10 nitrogen and oxygen atoms in total. The zero-order chi connectivity index (χ0) is 22.1. The summed E-state index contributed by atoms with van der Waals surface area (Å²) in [6.07, 6.45) is 1.44. The number of fused-ring (bicyclic) bond motifs is 1. The lowest BCUT2D eigenvalue weighted by Gasteiger charge is -2.19. The molecule has 0 atom stereocenters. The molecule has 2 heterocycles. The number of aromatic nitrogens is 2. The molecule has 2 N–H and O–H groups in total. The molecule has 0 saturated carbocycles. The lowest BCUT2D eigenvalue weighted by atomic mass is 10.3. The number of nitrogens with one attached hydrogen (secondary N) is 2. The molecule has 0 aliphatic carbocycles. The van der Waals surface area contributed by atoms with E-state index in [-0.39, 0.29) is 21.4 Å². The molecule has 162 valence electrons. The van der Waals surface area contributed by atoms with Gasteiger partial charge in [0.2, 0.25) is 5.95 Å². The molecule has 1 aromatic heterocycles. The standard InChI is InChI=1S/C19H18N4O6S2/c1-13-8-9-20-19(21-13)23-30(24,25)15-4-2-14(3-5-15)22-31(26,27)16-6-7-17-18(12-16)29-11-10-28-17/h2-9,12,22H,10-11H2,1H3,(H,20,21,23). The third-order valence-corrected chi connectivity index (χ3v) is 6.98. The molecule has 3 aromatic rings. The number of hydrogen-bond acceptors (Lipinski definition) is 8. The second-order valence-corrected chi connectivity index (χ2v) is 9.93. The molecule has 2 aromatic carbocycles. The SMILES string of the molecule is Cc1ccnc(NS(=O)(=O)c2ccc(NS(=O)(=O)c3ccc4c(c3)OCCO4)cc2)n1. The van der Waals surface area contributed by atoms with Crippen molar-refractivity contribution in [2.45, 2.75) is 16.7 Å². The van der Waals surface area contributed by atoms with Crippen LogP contribution in [0.4, 0.5) is 11.6 Å². The number of nitrogens with zero attached hydrogens (tertiary/aromatic N) is 2. The molecular weight excluding hydrogens is 444 g/mol. The first-order valence-corrected chi connectivity index (χ1v) is 12.0. The van der Waals surface area contributed by atoms with E-state index in [1.807, 2.05) is 0 Å². The monoisotopic (exact) mass is 462 g/mol. The quantitative estimate of drug-likeness (QED) is 0.569. The van der Waals surface area contributed by atoms with Gasteiger partial charge in [0, 0.05) is 23.6 Å². The number of benzene rings is 2. The van der Waals surface area contributed by atoms with Crippen LogP contribution >= 0.6 is 0 Å². The van der Waals surface area contributed by atoms with Gasteiger partial charge in [0.15, 0.2) is 11.5 Å². The van der Waals surface area contributed by atoms with E-state index in [1.54, 1.807) is 13.0 Å². The van der Waals surface area contributed by atoms with Crippen LogP contribution in [0.25, 0.3) is 0 Å². The molecule has 1 aliphatic rings. The predicted molar refractivity (Wildman–Crippen MR) is 112 cm³/mol. The predicted octanol–water partition coefficient (Wildman–Crippen LogP) is 2.16. The van der Waals surface area contributed by atoms with Gasteiger partial charge in [0.25, 0.3) is 20.0 Å². The summed E-state index contributed by atoms with van der Waals surface area (Å²) < 4.78 is 65.9. The highest BCUT2D eigenvalue weighted by Crippen LogP contribution is 2.32. The van der Waals surface area contributed by atoms with E-state index < -0.39 is 20.0 Å². The van der Waals surface area contributed by atoms with E-state index in [9.17, 15) is 16.8 Å². The Labute approximate surface area is 179 Å². The van der Waals surface area contributed by atoms with Crippen molar-refractivity contribution in [2.75, 3.05) is 22.7 Å². The van der Waals surface area contributed by atoms with Gasteiger partial charge < -0.3 is 9.47 Å². The summed E-state index contributed by atoms with van der Waals surface area (Å²) in [6, 6.07) is 11.2. The van der Waals surface area contributed by atoms with Crippen molar-refractivity contribution in [3.8, 4) is 11.5 Å². The molecule has 0 bridgehead atoms. The summed E-state index contributed by atoms with van der Waals surface area (Å²) in [6.45, 7) is 2.45. The minimum absolute atomic E-state index is 0.00768. The first-order chi connectivity index (χ1) is 14.7. The second-order valence-electron chi connectivity index (χ2n) is 6.56. The Bertz CT molecular complexity index is 1330. The van der Waals surface area contributed by atoms with Crippen LogP contribution in [0.5, 0.6) is 11.5 Å². The van der Waals surface area contributed by atoms with E-state index in [0.717, 1.165) is 0 Å². The number of ether oxygens (including phenoxy) is 2. The zero-order valence-corrected chi connectivity index (χ0v) is 17.9. The van der Waals surface area contributed by atoms with Crippen LogP contribution in [0.2, 0.25) is 0 Å². The lowest BCUT2D eigenvalue weighted by molar-refractivity contribution is 0.171. The smallest absolute Gasteiger partial charge is 0.264 e. The van der Waals surface area contributed by atoms with Crippen LogP contribution in [0.15, 0.2) is 64.5 Å². The van der Waals surface area contributed by atoms with Crippen LogP contribution < -0.4 is 18.9 Å². The Morgan fingerprint density at radius 3 is 2.16 bits per heavy atom. The largest absolute Gasteiger partial charge is 0.486 e. The van der Waals surface area contributed by atoms with Gasteiger partial charge in [-0.25, -0.2) is 31.5 Å². The van der Waals surface area contributed by atoms with Crippen LogP contribution in [0, 0.1) is 6.92 Å². The van der Waals surface area contributed by atoms with Gasteiger partial charge in [-0.3, -0.25) is 4.72 Å². The third kappa shape index (κ3) is 4.70. The Morgan fingerprint density at radius 2 is 1.45 bits per heavy atom. The molecule has 0 unspecified atom stereocenters. The van der Waals surface area contributed by atoms with Gasteiger partial charge in [-0.2, -0.15) is 0 Å². The molecular formula is C19H18N4O6S2. The molecule has 0 spiro atoms. The first-order valence-electron chi connectivity index (χ1n) is 9.08. The summed E-state index contributed by atoms with van der Waals surface area (Å²) in [5.74, 6) is 0.772. The van der Waals surface area contributed by atoms with Crippen molar-refractivity contribution >= 4 is 31.7 Å². The minimum atomic E-state index is -3.94. The summed E-state index contributed by atoms with van der Waals surface area (Å²) >= 11 is 0. The number of aryl methyl sites for hydroxylation is 1. The molecule has 31 heavy (non-hydrogen) atoms. The fraction of sp³-hybridized carbons (Fsp3) is 0.158. The Morgan fingerprint density at radius 1 is 0.806 bits per heavy atom. The van der Waals surface area contributed by atoms with Crippen molar-refractivity contribution in [2.24, 2.45) is 0 Å². The molecule has 4 rings (SSSR count). The molecule has 0 saturated heterocycles. The first kappa shape index (κ1) is 20.9. The van der Waals surface area contributed by atoms with E-state index in [0.29, 0.717) is 30.4 Å². The number of rotatable bonds is 6. The average Bonchev–Trinajstić information content (AvgIpc) is 2.73. The Balaban J connectivity index is 1.51.